The third-order valence-corrected chi connectivity index (χ3v) is 6.04. The van der Waals surface area contributed by atoms with Gasteiger partial charge in [-0.25, -0.2) is 4.68 Å². The summed E-state index contributed by atoms with van der Waals surface area (Å²) in [6, 6.07) is 10.3. The van der Waals surface area contributed by atoms with E-state index in [0.717, 1.165) is 5.56 Å². The quantitative estimate of drug-likeness (QED) is 0.586. The van der Waals surface area contributed by atoms with E-state index in [4.69, 9.17) is 4.42 Å². The van der Waals surface area contributed by atoms with Gasteiger partial charge in [0.1, 0.15) is 11.8 Å². The van der Waals surface area contributed by atoms with Gasteiger partial charge >= 0.3 is 6.18 Å². The van der Waals surface area contributed by atoms with Crippen LogP contribution in [0.15, 0.2) is 58.3 Å². The lowest BCUT2D eigenvalue weighted by atomic mass is 9.79. The van der Waals surface area contributed by atoms with Gasteiger partial charge in [-0.2, -0.15) is 18.2 Å². The molecule has 9 heteroatoms. The number of rotatable bonds is 3. The summed E-state index contributed by atoms with van der Waals surface area (Å²) in [5.41, 5.74) is 2.78. The molecule has 0 amide bonds. The summed E-state index contributed by atoms with van der Waals surface area (Å²) < 4.78 is 46.8. The lowest BCUT2D eigenvalue weighted by Gasteiger charge is -2.34. The van der Waals surface area contributed by atoms with Gasteiger partial charge < -0.3 is 9.73 Å². The van der Waals surface area contributed by atoms with E-state index in [1.165, 1.54) is 4.68 Å². The second kappa shape index (κ2) is 7.36. The van der Waals surface area contributed by atoms with Crippen molar-refractivity contribution in [2.45, 2.75) is 50.7 Å². The number of nitrogens with zero attached hydrogens (tertiary/aromatic N) is 3. The number of benzene rings is 1. The first-order valence-corrected chi connectivity index (χ1v) is 10.4. The van der Waals surface area contributed by atoms with Crippen molar-refractivity contribution in [3.63, 3.8) is 0 Å². The van der Waals surface area contributed by atoms with Crippen molar-refractivity contribution in [1.29, 1.82) is 0 Å². The summed E-state index contributed by atoms with van der Waals surface area (Å²) >= 11 is 0. The number of carbonyl (C=O) groups is 1. The highest BCUT2D eigenvalue weighted by molar-refractivity contribution is 6.00. The van der Waals surface area contributed by atoms with Crippen molar-refractivity contribution in [2.24, 2.45) is 0 Å². The van der Waals surface area contributed by atoms with E-state index in [9.17, 15) is 18.0 Å². The molecule has 1 aromatic carbocycles. The Bertz CT molecular complexity index is 1190. The van der Waals surface area contributed by atoms with Crippen LogP contribution in [0.25, 0.3) is 0 Å². The molecule has 166 valence electrons. The molecule has 2 aromatic heterocycles. The van der Waals surface area contributed by atoms with Gasteiger partial charge in [0, 0.05) is 23.6 Å². The Morgan fingerprint density at radius 2 is 1.91 bits per heavy atom. The Kier molecular flexibility index (Phi) is 4.72. The largest absolute Gasteiger partial charge is 0.469 e. The average Bonchev–Trinajstić information content (AvgIpc) is 3.42. The average molecular weight is 442 g/mol. The number of furan rings is 1. The number of halogens is 3. The number of nitrogens with one attached hydrogen (secondary N) is 1. The number of fused-ring (bicyclic) bond motifs is 1. The first-order chi connectivity index (χ1) is 15.2. The molecule has 0 bridgehead atoms. The fraction of sp³-hybridized carbons (Fsp3) is 0.348. The van der Waals surface area contributed by atoms with Crippen LogP contribution in [-0.4, -0.2) is 20.5 Å². The van der Waals surface area contributed by atoms with Crippen molar-refractivity contribution in [2.75, 3.05) is 5.32 Å². The highest BCUT2D eigenvalue weighted by Crippen LogP contribution is 2.45. The zero-order chi connectivity index (χ0) is 22.6. The van der Waals surface area contributed by atoms with Crippen LogP contribution in [0.4, 0.5) is 19.1 Å². The molecule has 0 spiro atoms. The van der Waals surface area contributed by atoms with Crippen LogP contribution in [0.1, 0.15) is 67.3 Å². The Labute approximate surface area is 182 Å². The molecule has 0 fully saturated rings. The molecule has 6 nitrogen and oxygen atoms in total. The predicted molar refractivity (Wildman–Crippen MR) is 110 cm³/mol. The maximum Gasteiger partial charge on any atom is 0.453 e. The lowest BCUT2D eigenvalue weighted by Crippen LogP contribution is -2.33. The number of ketones is 1. The number of hydrogen-bond acceptors (Lipinski definition) is 5. The minimum absolute atomic E-state index is 0.0260. The SMILES string of the molecule is CC(C)c1ccc(C2C3=C(CC(c4ccco4)CC3=O)Nc3nc(C(F)(F)F)nn32)cc1. The third-order valence-electron chi connectivity index (χ3n) is 6.04. The van der Waals surface area contributed by atoms with Crippen LogP contribution in [0.2, 0.25) is 0 Å². The molecule has 1 aliphatic carbocycles. The summed E-state index contributed by atoms with van der Waals surface area (Å²) in [6.07, 6.45) is -2.50. The summed E-state index contributed by atoms with van der Waals surface area (Å²) in [4.78, 5) is 17.0. The van der Waals surface area contributed by atoms with E-state index in [1.807, 2.05) is 24.3 Å². The molecule has 5 rings (SSSR count). The summed E-state index contributed by atoms with van der Waals surface area (Å²) in [7, 11) is 0. The van der Waals surface area contributed by atoms with Crippen molar-refractivity contribution in [3.8, 4) is 0 Å². The van der Waals surface area contributed by atoms with E-state index < -0.39 is 18.0 Å². The zero-order valence-corrected chi connectivity index (χ0v) is 17.5. The molecule has 3 heterocycles. The number of Topliss-reactive ketones (excluding diaryl/α,β-unsaturated/α-hetero) is 1. The Hall–Kier alpha value is -3.36. The van der Waals surface area contributed by atoms with Crippen molar-refractivity contribution < 1.29 is 22.4 Å². The maximum absolute atomic E-state index is 13.4. The van der Waals surface area contributed by atoms with Gasteiger partial charge in [-0.15, -0.1) is 5.10 Å². The summed E-state index contributed by atoms with van der Waals surface area (Å²) in [5.74, 6) is -0.624. The number of anilines is 1. The standard InChI is InChI=1S/C23H21F3N4O2/c1-12(2)13-5-7-14(8-6-13)20-19-16(10-15(11-17(19)31)18-4-3-9-32-18)27-22-28-21(23(24,25)26)29-30(20)22/h3-9,12,15,20H,10-11H2,1-2H3,(H,27,28,29). The molecule has 1 aliphatic heterocycles. The third kappa shape index (κ3) is 3.41. The van der Waals surface area contributed by atoms with Gasteiger partial charge in [-0.1, -0.05) is 38.1 Å². The monoisotopic (exact) mass is 442 g/mol. The summed E-state index contributed by atoms with van der Waals surface area (Å²) in [5, 5.41) is 6.69. The van der Waals surface area contributed by atoms with E-state index in [1.54, 1.807) is 18.4 Å². The molecule has 0 radical (unpaired) electrons. The molecule has 32 heavy (non-hydrogen) atoms. The first kappa shape index (κ1) is 20.5. The normalized spacial score (nSPS) is 20.9. The minimum Gasteiger partial charge on any atom is -0.469 e. The van der Waals surface area contributed by atoms with Gasteiger partial charge in [0.15, 0.2) is 5.78 Å². The summed E-state index contributed by atoms with van der Waals surface area (Å²) in [6.45, 7) is 4.12. The zero-order valence-electron chi connectivity index (χ0n) is 17.5. The van der Waals surface area contributed by atoms with Crippen LogP contribution in [-0.2, 0) is 11.0 Å². The van der Waals surface area contributed by atoms with Crippen LogP contribution >= 0.6 is 0 Å². The number of alkyl halides is 3. The van der Waals surface area contributed by atoms with Crippen LogP contribution in [0, 0.1) is 0 Å². The van der Waals surface area contributed by atoms with Crippen molar-refractivity contribution >= 4 is 11.7 Å². The fourth-order valence-electron chi connectivity index (χ4n) is 4.43. The van der Waals surface area contributed by atoms with Gasteiger partial charge in [-0.05, 0) is 35.6 Å². The molecule has 2 unspecified atom stereocenters. The fourth-order valence-corrected chi connectivity index (χ4v) is 4.43. The molecular weight excluding hydrogens is 421 g/mol. The Balaban J connectivity index is 1.63. The number of allylic oxidation sites excluding steroid dienone is 2. The Morgan fingerprint density at radius 1 is 1.16 bits per heavy atom. The van der Waals surface area contributed by atoms with Gasteiger partial charge in [0.25, 0.3) is 5.82 Å². The van der Waals surface area contributed by atoms with E-state index in [0.29, 0.717) is 34.9 Å². The molecule has 1 N–H and O–H groups in total. The molecule has 3 aromatic rings. The number of hydrogen-bond donors (Lipinski definition) is 1. The molecule has 2 aliphatic rings. The molecule has 2 atom stereocenters. The predicted octanol–water partition coefficient (Wildman–Crippen LogP) is 5.43. The maximum atomic E-state index is 13.4. The van der Waals surface area contributed by atoms with Gasteiger partial charge in [0.2, 0.25) is 5.95 Å². The van der Waals surface area contributed by atoms with Crippen LogP contribution in [0.3, 0.4) is 0 Å². The highest BCUT2D eigenvalue weighted by Gasteiger charge is 2.43. The highest BCUT2D eigenvalue weighted by atomic mass is 19.4. The minimum atomic E-state index is -4.70. The van der Waals surface area contributed by atoms with Crippen LogP contribution in [0.5, 0.6) is 0 Å². The Morgan fingerprint density at radius 3 is 2.53 bits per heavy atom. The topological polar surface area (TPSA) is 73.0 Å². The number of aromatic nitrogens is 3. The number of carbonyl (C=O) groups excluding carboxylic acids is 1. The first-order valence-electron chi connectivity index (χ1n) is 10.4. The molecule has 0 saturated heterocycles. The van der Waals surface area contributed by atoms with E-state index >= 15 is 0 Å². The van der Waals surface area contributed by atoms with Crippen molar-refractivity contribution in [1.82, 2.24) is 14.8 Å². The van der Waals surface area contributed by atoms with Crippen LogP contribution < -0.4 is 5.32 Å². The molecule has 0 saturated carbocycles. The molecular formula is C23H21F3N4O2. The second-order valence-corrected chi connectivity index (χ2v) is 8.49. The van der Waals surface area contributed by atoms with Gasteiger partial charge in [0.05, 0.1) is 6.26 Å². The van der Waals surface area contributed by atoms with Gasteiger partial charge in [-0.3, -0.25) is 4.79 Å². The second-order valence-electron chi connectivity index (χ2n) is 8.49. The van der Waals surface area contributed by atoms with E-state index in [2.05, 4.69) is 29.2 Å². The van der Waals surface area contributed by atoms with E-state index in [-0.39, 0.29) is 24.1 Å². The van der Waals surface area contributed by atoms with Crippen molar-refractivity contribution in [3.05, 3.63) is 76.6 Å². The lowest BCUT2D eigenvalue weighted by molar-refractivity contribution is -0.145. The smallest absolute Gasteiger partial charge is 0.453 e.